The zero-order valence-corrected chi connectivity index (χ0v) is 25.0. The summed E-state index contributed by atoms with van der Waals surface area (Å²) in [5.74, 6) is 2.16. The summed E-state index contributed by atoms with van der Waals surface area (Å²) >= 11 is 0. The first-order valence-electron chi connectivity index (χ1n) is 14.5. The summed E-state index contributed by atoms with van der Waals surface area (Å²) in [6, 6.07) is 0. The number of rotatable bonds is 11. The molecule has 0 aliphatic carbocycles. The molecule has 1 N–H and O–H groups in total. The van der Waals surface area contributed by atoms with Crippen molar-refractivity contribution in [2.75, 3.05) is 127 Å². The summed E-state index contributed by atoms with van der Waals surface area (Å²) in [4.78, 5) is 55.1. The van der Waals surface area contributed by atoms with Crippen molar-refractivity contribution >= 4 is 46.4 Å². The highest BCUT2D eigenvalue weighted by Crippen LogP contribution is 2.34. The van der Waals surface area contributed by atoms with Gasteiger partial charge in [-0.05, 0) is 12.8 Å². The number of likely N-dealkylation sites (N-methyl/N-ethyl adjacent to an activating group) is 1. The molecular weight excluding hydrogens is 544 g/mol. The lowest BCUT2D eigenvalue weighted by Gasteiger charge is -2.35. The average Bonchev–Trinajstić information content (AvgIpc) is 3.01. The van der Waals surface area contributed by atoms with Gasteiger partial charge in [-0.25, -0.2) is 9.97 Å². The Bertz CT molecular complexity index is 1250. The van der Waals surface area contributed by atoms with Crippen molar-refractivity contribution < 1.29 is 23.8 Å². The molecular formula is C27H42N10O5. The fraction of sp³-hybridized carbons (Fsp3) is 0.704. The number of ether oxygens (including phenoxy) is 3. The predicted octanol–water partition coefficient (Wildman–Crippen LogP) is -0.651. The molecule has 3 aliphatic heterocycles. The van der Waals surface area contributed by atoms with Gasteiger partial charge in [0.1, 0.15) is 11.0 Å². The molecule has 0 spiro atoms. The number of hydrogen-bond donors (Lipinski definition) is 1. The molecule has 3 fully saturated rings. The van der Waals surface area contributed by atoms with E-state index in [9.17, 15) is 9.59 Å². The number of aromatic nitrogens is 4. The van der Waals surface area contributed by atoms with Crippen LogP contribution in [0.3, 0.4) is 0 Å². The Kier molecular flexibility index (Phi) is 9.69. The van der Waals surface area contributed by atoms with Gasteiger partial charge in [-0.2, -0.15) is 9.97 Å². The third-order valence-corrected chi connectivity index (χ3v) is 8.05. The van der Waals surface area contributed by atoms with E-state index in [1.54, 1.807) is 26.2 Å². The minimum atomic E-state index is -0.0733. The molecule has 3 aliphatic rings. The smallest absolute Gasteiger partial charge is 0.241 e. The molecule has 0 unspecified atom stereocenters. The number of piperazine rings is 2. The number of carbonyl (C=O) groups is 2. The van der Waals surface area contributed by atoms with Crippen molar-refractivity contribution in [3.05, 3.63) is 0 Å². The second kappa shape index (κ2) is 13.6. The van der Waals surface area contributed by atoms with Crippen LogP contribution < -0.4 is 24.9 Å². The van der Waals surface area contributed by atoms with Gasteiger partial charge in [0.15, 0.2) is 11.6 Å². The van der Waals surface area contributed by atoms with Gasteiger partial charge in [-0.1, -0.05) is 0 Å². The largest absolute Gasteiger partial charge is 0.383 e. The zero-order valence-electron chi connectivity index (χ0n) is 25.0. The third-order valence-electron chi connectivity index (χ3n) is 8.05. The topological polar surface area (TPSA) is 142 Å². The first-order valence-corrected chi connectivity index (χ1v) is 14.5. The molecule has 0 atom stereocenters. The molecule has 0 radical (unpaired) electrons. The lowest BCUT2D eigenvalue weighted by molar-refractivity contribution is -0.129. The van der Waals surface area contributed by atoms with Crippen LogP contribution in [0.5, 0.6) is 0 Å². The first-order chi connectivity index (χ1) is 20.4. The summed E-state index contributed by atoms with van der Waals surface area (Å²) in [7, 11) is 6.88. The molecule has 2 aromatic heterocycles. The Morgan fingerprint density at radius 2 is 1.50 bits per heavy atom. The highest BCUT2D eigenvalue weighted by atomic mass is 16.5. The molecule has 0 aromatic carbocycles. The van der Waals surface area contributed by atoms with Gasteiger partial charge in [0.2, 0.25) is 23.7 Å². The van der Waals surface area contributed by atoms with Gasteiger partial charge in [0.25, 0.3) is 0 Å². The van der Waals surface area contributed by atoms with E-state index in [1.807, 2.05) is 21.7 Å². The SMILES string of the molecule is COCCN(CCOC)c1nc(N2CCN(C)C(=O)C2)c2nc(N3CCNC(=O)C3)nc(N3CCC(OC)CC3)c2n1. The molecule has 230 valence electrons. The highest BCUT2D eigenvalue weighted by molar-refractivity contribution is 5.97. The van der Waals surface area contributed by atoms with Crippen LogP contribution in [0.4, 0.5) is 23.5 Å². The minimum Gasteiger partial charge on any atom is -0.383 e. The highest BCUT2D eigenvalue weighted by Gasteiger charge is 2.31. The summed E-state index contributed by atoms with van der Waals surface area (Å²) in [6.07, 6.45) is 1.90. The van der Waals surface area contributed by atoms with Crippen LogP contribution in [0, 0.1) is 0 Å². The van der Waals surface area contributed by atoms with E-state index in [4.69, 9.17) is 34.1 Å². The van der Waals surface area contributed by atoms with Crippen molar-refractivity contribution in [2.24, 2.45) is 0 Å². The van der Waals surface area contributed by atoms with E-state index in [0.717, 1.165) is 25.9 Å². The molecule has 3 saturated heterocycles. The Hall–Kier alpha value is -3.56. The summed E-state index contributed by atoms with van der Waals surface area (Å²) < 4.78 is 16.4. The number of fused-ring (bicyclic) bond motifs is 1. The van der Waals surface area contributed by atoms with E-state index >= 15 is 0 Å². The van der Waals surface area contributed by atoms with Crippen molar-refractivity contribution in [2.45, 2.75) is 18.9 Å². The van der Waals surface area contributed by atoms with Crippen LogP contribution in [-0.2, 0) is 23.8 Å². The quantitative estimate of drug-likeness (QED) is 0.357. The fourth-order valence-electron chi connectivity index (χ4n) is 5.45. The normalized spacial score (nSPS) is 18.7. The van der Waals surface area contributed by atoms with Gasteiger partial charge in [-0.15, -0.1) is 0 Å². The number of hydrogen-bond acceptors (Lipinski definition) is 13. The predicted molar refractivity (Wildman–Crippen MR) is 158 cm³/mol. The second-order valence-electron chi connectivity index (χ2n) is 10.8. The van der Waals surface area contributed by atoms with E-state index < -0.39 is 0 Å². The number of amides is 2. The van der Waals surface area contributed by atoms with E-state index in [0.29, 0.717) is 87.0 Å². The lowest BCUT2D eigenvalue weighted by atomic mass is 10.1. The van der Waals surface area contributed by atoms with Gasteiger partial charge < -0.3 is 44.0 Å². The second-order valence-corrected chi connectivity index (χ2v) is 10.8. The number of carbonyl (C=O) groups excluding carboxylic acids is 2. The van der Waals surface area contributed by atoms with Crippen molar-refractivity contribution in [1.29, 1.82) is 0 Å². The van der Waals surface area contributed by atoms with Crippen molar-refractivity contribution in [1.82, 2.24) is 30.2 Å². The molecule has 2 amide bonds. The van der Waals surface area contributed by atoms with Crippen molar-refractivity contribution in [3.8, 4) is 0 Å². The molecule has 5 rings (SSSR count). The Balaban J connectivity index is 1.68. The Morgan fingerprint density at radius 1 is 0.810 bits per heavy atom. The Labute approximate surface area is 246 Å². The summed E-state index contributed by atoms with van der Waals surface area (Å²) in [6.45, 7) is 6.18. The van der Waals surface area contributed by atoms with E-state index in [2.05, 4.69) is 10.2 Å². The van der Waals surface area contributed by atoms with E-state index in [-0.39, 0.29) is 31.0 Å². The Morgan fingerprint density at radius 3 is 2.14 bits per heavy atom. The van der Waals surface area contributed by atoms with Crippen molar-refractivity contribution in [3.63, 3.8) is 0 Å². The van der Waals surface area contributed by atoms with E-state index in [1.165, 1.54) is 0 Å². The zero-order chi connectivity index (χ0) is 29.6. The van der Waals surface area contributed by atoms with Gasteiger partial charge in [0.05, 0.1) is 32.4 Å². The fourth-order valence-corrected chi connectivity index (χ4v) is 5.45. The number of piperidine rings is 1. The first kappa shape index (κ1) is 29.9. The van der Waals surface area contributed by atoms with Crippen LogP contribution in [0.15, 0.2) is 0 Å². The molecule has 15 nitrogen and oxygen atoms in total. The number of methoxy groups -OCH3 is 3. The van der Waals surface area contributed by atoms with Gasteiger partial charge >= 0.3 is 0 Å². The number of anilines is 4. The van der Waals surface area contributed by atoms with Crippen LogP contribution in [-0.4, -0.2) is 150 Å². The van der Waals surface area contributed by atoms with Crippen LogP contribution >= 0.6 is 0 Å². The van der Waals surface area contributed by atoms with Crippen LogP contribution in [0.25, 0.3) is 11.0 Å². The molecule has 42 heavy (non-hydrogen) atoms. The average molecular weight is 587 g/mol. The lowest BCUT2D eigenvalue weighted by Crippen LogP contribution is -2.49. The third kappa shape index (κ3) is 6.57. The molecule has 15 heteroatoms. The maximum Gasteiger partial charge on any atom is 0.241 e. The summed E-state index contributed by atoms with van der Waals surface area (Å²) in [5, 5.41) is 2.87. The maximum atomic E-state index is 12.8. The standard InChI is InChI=1S/C27H42N10O5/c1-33-11-12-36(18-21(33)39)25-23-22(29-26(32-25)35(13-15-40-2)14-16-41-3)24(34-8-5-19(42-4)6-9-34)31-27(30-23)37-10-7-28-20(38)17-37/h19H,5-18H2,1-4H3,(H,28,38). The summed E-state index contributed by atoms with van der Waals surface area (Å²) in [5.41, 5.74) is 1.18. The van der Waals surface area contributed by atoms with Crippen LogP contribution in [0.1, 0.15) is 12.8 Å². The minimum absolute atomic E-state index is 0.00836. The van der Waals surface area contributed by atoms with Gasteiger partial charge in [-0.3, -0.25) is 9.59 Å². The maximum absolute atomic E-state index is 12.8. The molecule has 0 saturated carbocycles. The monoisotopic (exact) mass is 586 g/mol. The van der Waals surface area contributed by atoms with Gasteiger partial charge in [0, 0.05) is 80.7 Å². The number of nitrogens with zero attached hydrogens (tertiary/aromatic N) is 9. The molecule has 2 aromatic rings. The molecule has 5 heterocycles. The molecule has 0 bridgehead atoms. The number of nitrogens with one attached hydrogen (secondary N) is 1. The van der Waals surface area contributed by atoms with Crippen LogP contribution in [0.2, 0.25) is 0 Å².